The lowest BCUT2D eigenvalue weighted by molar-refractivity contribution is -0.125. The highest BCUT2D eigenvalue weighted by molar-refractivity contribution is 5.79. The molecule has 0 saturated carbocycles. The monoisotopic (exact) mass is 462 g/mol. The summed E-state index contributed by atoms with van der Waals surface area (Å²) in [6, 6.07) is 18.8. The first kappa shape index (κ1) is 23.4. The van der Waals surface area contributed by atoms with E-state index in [9.17, 15) is 9.59 Å². The van der Waals surface area contributed by atoms with Gasteiger partial charge in [-0.15, -0.1) is 0 Å². The number of hydrogen-bond donors (Lipinski definition) is 1. The number of hydrogen-bond acceptors (Lipinski definition) is 6. The molecule has 1 N–H and O–H groups in total. The molecule has 4 rings (SSSR count). The van der Waals surface area contributed by atoms with Gasteiger partial charge in [0.1, 0.15) is 6.61 Å². The number of nitrogens with one attached hydrogen (secondary N) is 1. The first-order valence-electron chi connectivity index (χ1n) is 11.5. The second-order valence-corrected chi connectivity index (χ2v) is 8.27. The molecule has 1 amide bonds. The van der Waals surface area contributed by atoms with Crippen LogP contribution in [-0.2, 0) is 11.3 Å². The lowest BCUT2D eigenvalue weighted by atomic mass is 9.97. The van der Waals surface area contributed by atoms with Gasteiger partial charge in [0.2, 0.25) is 5.91 Å². The van der Waals surface area contributed by atoms with Gasteiger partial charge in [0.25, 0.3) is 5.56 Å². The normalized spacial score (nSPS) is 15.6. The largest absolute Gasteiger partial charge is 0.493 e. The van der Waals surface area contributed by atoms with E-state index in [1.54, 1.807) is 19.4 Å². The number of rotatable bonds is 9. The first-order valence-corrected chi connectivity index (χ1v) is 11.5. The van der Waals surface area contributed by atoms with E-state index in [1.165, 1.54) is 4.68 Å². The fourth-order valence-corrected chi connectivity index (χ4v) is 4.12. The van der Waals surface area contributed by atoms with E-state index in [2.05, 4.69) is 15.3 Å². The van der Waals surface area contributed by atoms with Crippen molar-refractivity contribution < 1.29 is 14.3 Å². The Kier molecular flexibility index (Phi) is 7.80. The molecular formula is C26H30N4O4. The average molecular weight is 463 g/mol. The summed E-state index contributed by atoms with van der Waals surface area (Å²) in [5.41, 5.74) is 1.63. The number of anilines is 1. The minimum atomic E-state index is -0.151. The Hall–Kier alpha value is -3.81. The van der Waals surface area contributed by atoms with E-state index in [4.69, 9.17) is 9.47 Å². The molecular weight excluding hydrogens is 432 g/mol. The van der Waals surface area contributed by atoms with Gasteiger partial charge in [-0.05, 0) is 30.5 Å². The molecule has 8 nitrogen and oxygen atoms in total. The summed E-state index contributed by atoms with van der Waals surface area (Å²) in [6.07, 6.45) is 3.41. The highest BCUT2D eigenvalue weighted by Crippen LogP contribution is 2.25. The standard InChI is InChI=1S/C26H30N4O4/c1-33-23-11-5-6-12-24(23)34-15-13-27-26(32)21-10-7-14-29(19-21)22-16-25(31)30(28-17-22)18-20-8-3-2-4-9-20/h2-6,8-9,11-12,16-17,21H,7,10,13-15,18-19H2,1H3,(H,27,32). The summed E-state index contributed by atoms with van der Waals surface area (Å²) in [6.45, 7) is 2.55. The SMILES string of the molecule is COc1ccccc1OCCNC(=O)C1CCCN(c2cnn(Cc3ccccc3)c(=O)c2)C1. The Bertz CT molecular complexity index is 1150. The molecule has 2 aromatic carbocycles. The second kappa shape index (κ2) is 11.4. The summed E-state index contributed by atoms with van der Waals surface area (Å²) in [5.74, 6) is 1.17. The van der Waals surface area contributed by atoms with E-state index in [0.29, 0.717) is 37.7 Å². The van der Waals surface area contributed by atoms with Crippen LogP contribution in [0.1, 0.15) is 18.4 Å². The molecule has 1 aliphatic rings. The van der Waals surface area contributed by atoms with Crippen LogP contribution >= 0.6 is 0 Å². The molecule has 2 heterocycles. The van der Waals surface area contributed by atoms with Crippen LogP contribution < -0.4 is 25.2 Å². The van der Waals surface area contributed by atoms with Crippen molar-refractivity contribution in [3.05, 3.63) is 82.8 Å². The zero-order valence-corrected chi connectivity index (χ0v) is 19.4. The number of piperidine rings is 1. The third-order valence-corrected chi connectivity index (χ3v) is 5.92. The number of nitrogens with zero attached hydrogens (tertiary/aromatic N) is 3. The van der Waals surface area contributed by atoms with Crippen LogP contribution in [0.3, 0.4) is 0 Å². The molecule has 0 spiro atoms. The van der Waals surface area contributed by atoms with Crippen molar-refractivity contribution in [3.8, 4) is 11.5 Å². The van der Waals surface area contributed by atoms with Crippen molar-refractivity contribution >= 4 is 11.6 Å². The van der Waals surface area contributed by atoms with Gasteiger partial charge >= 0.3 is 0 Å². The minimum absolute atomic E-state index is 0.00120. The Labute approximate surface area is 199 Å². The molecule has 8 heteroatoms. The first-order chi connectivity index (χ1) is 16.6. The molecule has 1 atom stereocenters. The lowest BCUT2D eigenvalue weighted by Gasteiger charge is -2.33. The maximum Gasteiger partial charge on any atom is 0.269 e. The molecule has 1 unspecified atom stereocenters. The molecule has 1 aliphatic heterocycles. The molecule has 3 aromatic rings. The summed E-state index contributed by atoms with van der Waals surface area (Å²) >= 11 is 0. The van der Waals surface area contributed by atoms with Gasteiger partial charge in [0.05, 0.1) is 38.0 Å². The third kappa shape index (κ3) is 5.95. The smallest absolute Gasteiger partial charge is 0.269 e. The van der Waals surface area contributed by atoms with E-state index in [0.717, 1.165) is 30.6 Å². The van der Waals surface area contributed by atoms with Crippen LogP contribution in [0.5, 0.6) is 11.5 Å². The highest BCUT2D eigenvalue weighted by atomic mass is 16.5. The molecule has 1 aromatic heterocycles. The molecule has 1 saturated heterocycles. The van der Waals surface area contributed by atoms with Gasteiger partial charge in [-0.1, -0.05) is 42.5 Å². The van der Waals surface area contributed by atoms with Crippen LogP contribution in [0.2, 0.25) is 0 Å². The minimum Gasteiger partial charge on any atom is -0.493 e. The Balaban J connectivity index is 1.29. The molecule has 34 heavy (non-hydrogen) atoms. The van der Waals surface area contributed by atoms with E-state index in [-0.39, 0.29) is 17.4 Å². The number of carbonyl (C=O) groups is 1. The van der Waals surface area contributed by atoms with E-state index < -0.39 is 0 Å². The lowest BCUT2D eigenvalue weighted by Crippen LogP contribution is -2.44. The van der Waals surface area contributed by atoms with Gasteiger partial charge in [0, 0.05) is 19.2 Å². The van der Waals surface area contributed by atoms with E-state index >= 15 is 0 Å². The number of ether oxygens (including phenoxy) is 2. The van der Waals surface area contributed by atoms with E-state index in [1.807, 2.05) is 54.6 Å². The van der Waals surface area contributed by atoms with Gasteiger partial charge < -0.3 is 19.7 Å². The van der Waals surface area contributed by atoms with Gasteiger partial charge in [-0.3, -0.25) is 9.59 Å². The van der Waals surface area contributed by atoms with Crippen molar-refractivity contribution in [1.82, 2.24) is 15.1 Å². The third-order valence-electron chi connectivity index (χ3n) is 5.92. The maximum atomic E-state index is 12.7. The van der Waals surface area contributed by atoms with Gasteiger partial charge in [-0.2, -0.15) is 5.10 Å². The Morgan fingerprint density at radius 1 is 1.12 bits per heavy atom. The fourth-order valence-electron chi connectivity index (χ4n) is 4.12. The zero-order valence-electron chi connectivity index (χ0n) is 19.4. The van der Waals surface area contributed by atoms with Crippen LogP contribution in [0.4, 0.5) is 5.69 Å². The number of amides is 1. The maximum absolute atomic E-state index is 12.7. The molecule has 0 bridgehead atoms. The topological polar surface area (TPSA) is 85.7 Å². The molecule has 0 aliphatic carbocycles. The summed E-state index contributed by atoms with van der Waals surface area (Å²) < 4.78 is 12.5. The van der Waals surface area contributed by atoms with Crippen molar-refractivity contribution in [2.75, 3.05) is 38.3 Å². The quantitative estimate of drug-likeness (QED) is 0.492. The Morgan fingerprint density at radius 2 is 1.88 bits per heavy atom. The van der Waals surface area contributed by atoms with Crippen LogP contribution in [0, 0.1) is 5.92 Å². The number of para-hydroxylation sites is 2. The van der Waals surface area contributed by atoms with Crippen molar-refractivity contribution in [3.63, 3.8) is 0 Å². The number of benzene rings is 2. The van der Waals surface area contributed by atoms with Crippen molar-refractivity contribution in [1.29, 1.82) is 0 Å². The molecule has 0 radical (unpaired) electrons. The predicted molar refractivity (Wildman–Crippen MR) is 130 cm³/mol. The molecule has 1 fully saturated rings. The van der Waals surface area contributed by atoms with Gasteiger partial charge in [-0.25, -0.2) is 4.68 Å². The van der Waals surface area contributed by atoms with Crippen LogP contribution in [0.25, 0.3) is 0 Å². The number of carbonyl (C=O) groups excluding carboxylic acids is 1. The zero-order chi connectivity index (χ0) is 23.8. The second-order valence-electron chi connectivity index (χ2n) is 8.27. The summed E-state index contributed by atoms with van der Waals surface area (Å²) in [7, 11) is 1.60. The van der Waals surface area contributed by atoms with Crippen molar-refractivity contribution in [2.45, 2.75) is 19.4 Å². The fraction of sp³-hybridized carbons (Fsp3) is 0.346. The van der Waals surface area contributed by atoms with Gasteiger partial charge in [0.15, 0.2) is 11.5 Å². The van der Waals surface area contributed by atoms with Crippen molar-refractivity contribution in [2.24, 2.45) is 5.92 Å². The number of aromatic nitrogens is 2. The van der Waals surface area contributed by atoms with Crippen LogP contribution in [0.15, 0.2) is 71.7 Å². The average Bonchev–Trinajstić information content (AvgIpc) is 2.88. The predicted octanol–water partition coefficient (Wildman–Crippen LogP) is 2.71. The summed E-state index contributed by atoms with van der Waals surface area (Å²) in [5, 5.41) is 7.32. The highest BCUT2D eigenvalue weighted by Gasteiger charge is 2.26. The number of methoxy groups -OCH3 is 1. The molecule has 178 valence electrons. The summed E-state index contributed by atoms with van der Waals surface area (Å²) in [4.78, 5) is 27.4. The van der Waals surface area contributed by atoms with Crippen LogP contribution in [-0.4, -0.2) is 49.0 Å². The Morgan fingerprint density at radius 3 is 2.65 bits per heavy atom.